The molecule has 0 radical (unpaired) electrons. The highest BCUT2D eigenvalue weighted by molar-refractivity contribution is 5.79. The minimum atomic E-state index is -0.317. The second-order valence-corrected chi connectivity index (χ2v) is 4.93. The van der Waals surface area contributed by atoms with Crippen LogP contribution in [-0.2, 0) is 11.4 Å². The van der Waals surface area contributed by atoms with Crippen molar-refractivity contribution in [3.63, 3.8) is 0 Å². The van der Waals surface area contributed by atoms with Crippen molar-refractivity contribution < 1.29 is 13.6 Å². The molecule has 0 unspecified atom stereocenters. The topological polar surface area (TPSA) is 60.5 Å². The van der Waals surface area contributed by atoms with Gasteiger partial charge in [0.15, 0.2) is 6.61 Å². The average Bonchev–Trinajstić information content (AvgIpc) is 3.03. The second kappa shape index (κ2) is 6.83. The maximum atomic E-state index is 12.9. The lowest BCUT2D eigenvalue weighted by Gasteiger charge is -1.96. The van der Waals surface area contributed by atoms with Gasteiger partial charge in [-0.2, -0.15) is 0 Å². The van der Waals surface area contributed by atoms with Gasteiger partial charge in [0.2, 0.25) is 5.89 Å². The predicted octanol–water partition coefficient (Wildman–Crippen LogP) is 3.73. The summed E-state index contributed by atoms with van der Waals surface area (Å²) in [5.41, 5.74) is 2.77. The molecule has 6 heteroatoms. The van der Waals surface area contributed by atoms with Gasteiger partial charge in [0.05, 0.1) is 6.21 Å². The van der Waals surface area contributed by atoms with Gasteiger partial charge in [0, 0.05) is 5.56 Å². The fraction of sp³-hybridized carbons (Fsp3) is 0.118. The van der Waals surface area contributed by atoms with Crippen LogP contribution in [0, 0.1) is 12.7 Å². The average molecular weight is 311 g/mol. The maximum Gasteiger partial charge on any atom is 0.257 e. The van der Waals surface area contributed by atoms with Crippen LogP contribution >= 0.6 is 0 Å². The van der Waals surface area contributed by atoms with Gasteiger partial charge in [-0.25, -0.2) is 4.39 Å². The van der Waals surface area contributed by atoms with E-state index in [1.54, 1.807) is 18.3 Å². The van der Waals surface area contributed by atoms with E-state index < -0.39 is 0 Å². The summed E-state index contributed by atoms with van der Waals surface area (Å²) in [5.74, 6) is 0.291. The number of nitrogens with zero attached hydrogens (tertiary/aromatic N) is 3. The molecule has 1 aromatic heterocycles. The number of aromatic nitrogens is 2. The summed E-state index contributed by atoms with van der Waals surface area (Å²) in [5, 5.41) is 11.6. The molecule has 0 N–H and O–H groups in total. The molecule has 3 aromatic rings. The number of halogens is 1. The van der Waals surface area contributed by atoms with Crippen LogP contribution in [0.1, 0.15) is 17.0 Å². The number of benzene rings is 2. The lowest BCUT2D eigenvalue weighted by molar-refractivity contribution is 0.112. The molecule has 0 bridgehead atoms. The second-order valence-electron chi connectivity index (χ2n) is 4.93. The van der Waals surface area contributed by atoms with Crippen molar-refractivity contribution in [3.8, 4) is 11.5 Å². The van der Waals surface area contributed by atoms with Crippen LogP contribution in [-0.4, -0.2) is 16.4 Å². The molecule has 0 atom stereocenters. The highest BCUT2D eigenvalue weighted by Gasteiger charge is 2.08. The molecule has 23 heavy (non-hydrogen) atoms. The Balaban J connectivity index is 1.57. The van der Waals surface area contributed by atoms with Crippen molar-refractivity contribution in [1.29, 1.82) is 0 Å². The standard InChI is InChI=1S/C17H14FN3O2/c1-12-2-4-13(5-3-12)10-19-22-11-16-20-21-17(23-16)14-6-8-15(18)9-7-14/h2-10H,11H2,1H3/b19-10-. The Morgan fingerprint density at radius 2 is 1.83 bits per heavy atom. The van der Waals surface area contributed by atoms with Crippen molar-refractivity contribution in [2.75, 3.05) is 0 Å². The fourth-order valence-corrected chi connectivity index (χ4v) is 1.86. The molecule has 1 heterocycles. The van der Waals surface area contributed by atoms with Crippen molar-refractivity contribution in [2.24, 2.45) is 5.16 Å². The van der Waals surface area contributed by atoms with E-state index in [4.69, 9.17) is 9.25 Å². The fourth-order valence-electron chi connectivity index (χ4n) is 1.86. The Bertz CT molecular complexity index is 795. The highest BCUT2D eigenvalue weighted by Crippen LogP contribution is 2.18. The first-order valence-electron chi connectivity index (χ1n) is 7.01. The molecular weight excluding hydrogens is 297 g/mol. The van der Waals surface area contributed by atoms with E-state index in [0.29, 0.717) is 17.3 Å². The first-order valence-corrected chi connectivity index (χ1v) is 7.01. The maximum absolute atomic E-state index is 12.9. The Morgan fingerprint density at radius 1 is 1.09 bits per heavy atom. The lowest BCUT2D eigenvalue weighted by Crippen LogP contribution is -1.88. The van der Waals surface area contributed by atoms with Crippen molar-refractivity contribution in [3.05, 3.63) is 71.4 Å². The van der Waals surface area contributed by atoms with Crippen LogP contribution in [0.25, 0.3) is 11.5 Å². The van der Waals surface area contributed by atoms with E-state index in [-0.39, 0.29) is 12.4 Å². The van der Waals surface area contributed by atoms with E-state index in [2.05, 4.69) is 15.4 Å². The largest absolute Gasteiger partial charge is 0.417 e. The van der Waals surface area contributed by atoms with Gasteiger partial charge in [-0.1, -0.05) is 35.0 Å². The number of hydrogen-bond donors (Lipinski definition) is 0. The molecular formula is C17H14FN3O2. The molecule has 2 aromatic carbocycles. The monoisotopic (exact) mass is 311 g/mol. The lowest BCUT2D eigenvalue weighted by atomic mass is 10.2. The van der Waals surface area contributed by atoms with Gasteiger partial charge in [0.1, 0.15) is 5.82 Å². The summed E-state index contributed by atoms with van der Waals surface area (Å²) < 4.78 is 18.3. The third kappa shape index (κ3) is 4.00. The zero-order chi connectivity index (χ0) is 16.1. The summed E-state index contributed by atoms with van der Waals surface area (Å²) in [6.07, 6.45) is 1.61. The van der Waals surface area contributed by atoms with Gasteiger partial charge in [-0.05, 0) is 36.8 Å². The molecule has 0 spiro atoms. The molecule has 5 nitrogen and oxygen atoms in total. The SMILES string of the molecule is Cc1ccc(/C=N\OCc2nnc(-c3ccc(F)cc3)o2)cc1. The normalized spacial score (nSPS) is 11.0. The van der Waals surface area contributed by atoms with Gasteiger partial charge >= 0.3 is 0 Å². The zero-order valence-electron chi connectivity index (χ0n) is 12.4. The Kier molecular flexibility index (Phi) is 4.42. The van der Waals surface area contributed by atoms with Crippen LogP contribution in [0.15, 0.2) is 58.1 Å². The third-order valence-corrected chi connectivity index (χ3v) is 3.10. The molecule has 0 saturated heterocycles. The Labute approximate surface area is 132 Å². The molecule has 0 aliphatic rings. The minimum Gasteiger partial charge on any atom is -0.417 e. The van der Waals surface area contributed by atoms with E-state index >= 15 is 0 Å². The van der Waals surface area contributed by atoms with Crippen LogP contribution < -0.4 is 0 Å². The van der Waals surface area contributed by atoms with Crippen LogP contribution in [0.3, 0.4) is 0 Å². The molecule has 116 valence electrons. The van der Waals surface area contributed by atoms with Crippen LogP contribution in [0.4, 0.5) is 4.39 Å². The minimum absolute atomic E-state index is 0.0660. The smallest absolute Gasteiger partial charge is 0.257 e. The van der Waals surface area contributed by atoms with E-state index in [0.717, 1.165) is 5.56 Å². The van der Waals surface area contributed by atoms with Crippen LogP contribution in [0.5, 0.6) is 0 Å². The van der Waals surface area contributed by atoms with Crippen molar-refractivity contribution in [1.82, 2.24) is 10.2 Å². The molecule has 3 rings (SSSR count). The van der Waals surface area contributed by atoms with E-state index in [9.17, 15) is 4.39 Å². The number of hydrogen-bond acceptors (Lipinski definition) is 5. The van der Waals surface area contributed by atoms with Crippen molar-refractivity contribution >= 4 is 6.21 Å². The predicted molar refractivity (Wildman–Crippen MR) is 83.3 cm³/mol. The summed E-state index contributed by atoms with van der Waals surface area (Å²) in [6.45, 7) is 2.09. The van der Waals surface area contributed by atoms with Crippen molar-refractivity contribution in [2.45, 2.75) is 13.5 Å². The molecule has 0 aliphatic carbocycles. The quantitative estimate of drug-likeness (QED) is 0.532. The molecule has 0 amide bonds. The van der Waals surface area contributed by atoms with E-state index in [1.807, 2.05) is 31.2 Å². The van der Waals surface area contributed by atoms with Gasteiger partial charge in [-0.15, -0.1) is 10.2 Å². The number of rotatable bonds is 5. The summed E-state index contributed by atoms with van der Waals surface area (Å²) in [4.78, 5) is 5.14. The Morgan fingerprint density at radius 3 is 2.57 bits per heavy atom. The zero-order valence-corrected chi connectivity index (χ0v) is 12.4. The summed E-state index contributed by atoms with van der Waals surface area (Å²) in [6, 6.07) is 13.7. The van der Waals surface area contributed by atoms with Gasteiger partial charge in [-0.3, -0.25) is 0 Å². The van der Waals surface area contributed by atoms with Crippen LogP contribution in [0.2, 0.25) is 0 Å². The molecule has 0 saturated carbocycles. The van der Waals surface area contributed by atoms with Gasteiger partial charge < -0.3 is 9.25 Å². The first-order chi connectivity index (χ1) is 11.2. The Hall–Kier alpha value is -3.02. The number of aryl methyl sites for hydroxylation is 1. The molecule has 0 fully saturated rings. The number of oxime groups is 1. The van der Waals surface area contributed by atoms with E-state index in [1.165, 1.54) is 17.7 Å². The third-order valence-electron chi connectivity index (χ3n) is 3.10. The highest BCUT2D eigenvalue weighted by atomic mass is 19.1. The van der Waals surface area contributed by atoms with Gasteiger partial charge in [0.25, 0.3) is 5.89 Å². The molecule has 0 aliphatic heterocycles. The summed E-state index contributed by atoms with van der Waals surface area (Å²) >= 11 is 0. The summed E-state index contributed by atoms with van der Waals surface area (Å²) in [7, 11) is 0. The first kappa shape index (κ1) is 14.9.